The zero-order valence-corrected chi connectivity index (χ0v) is 21.1. The first-order valence-electron chi connectivity index (χ1n) is 11.7. The van der Waals surface area contributed by atoms with E-state index >= 15 is 0 Å². The number of anilines is 1. The molecule has 6 nitrogen and oxygen atoms in total. The highest BCUT2D eigenvalue weighted by Gasteiger charge is 2.23. The number of aryl methyl sites for hydroxylation is 1. The molecule has 0 fully saturated rings. The summed E-state index contributed by atoms with van der Waals surface area (Å²) >= 11 is 6.42. The number of nitrogens with one attached hydrogen (secondary N) is 1. The molecule has 1 N–H and O–H groups in total. The molecule has 0 radical (unpaired) electrons. The molecule has 2 aromatic carbocycles. The fourth-order valence-corrected chi connectivity index (χ4v) is 3.83. The molecule has 180 valence electrons. The fraction of sp³-hybridized carbons (Fsp3) is 0.370. The maximum absolute atomic E-state index is 13.0. The molecule has 0 saturated heterocycles. The van der Waals surface area contributed by atoms with Crippen LogP contribution in [0.1, 0.15) is 51.8 Å². The van der Waals surface area contributed by atoms with Gasteiger partial charge in [0.15, 0.2) is 0 Å². The number of para-hydroxylation sites is 1. The molecule has 0 aliphatic rings. The summed E-state index contributed by atoms with van der Waals surface area (Å²) in [4.78, 5) is 27.5. The largest absolute Gasteiger partial charge is 0.333 e. The van der Waals surface area contributed by atoms with Crippen molar-refractivity contribution in [1.29, 1.82) is 0 Å². The number of aromatic nitrogens is 2. The van der Waals surface area contributed by atoms with Crippen LogP contribution in [0.2, 0.25) is 5.02 Å². The Bertz CT molecular complexity index is 1120. The van der Waals surface area contributed by atoms with Crippen molar-refractivity contribution >= 4 is 29.2 Å². The molecule has 34 heavy (non-hydrogen) atoms. The Morgan fingerprint density at radius 3 is 2.38 bits per heavy atom. The van der Waals surface area contributed by atoms with Crippen LogP contribution in [-0.4, -0.2) is 39.6 Å². The van der Waals surface area contributed by atoms with Gasteiger partial charge in [-0.2, -0.15) is 5.10 Å². The summed E-state index contributed by atoms with van der Waals surface area (Å²) in [6.07, 6.45) is 1.79. The van der Waals surface area contributed by atoms with Crippen LogP contribution in [0.3, 0.4) is 0 Å². The number of amides is 2. The van der Waals surface area contributed by atoms with Crippen molar-refractivity contribution in [2.45, 2.75) is 52.4 Å². The van der Waals surface area contributed by atoms with Gasteiger partial charge in [-0.15, -0.1) is 0 Å². The van der Waals surface area contributed by atoms with E-state index in [0.717, 1.165) is 17.7 Å². The van der Waals surface area contributed by atoms with Gasteiger partial charge in [-0.25, -0.2) is 4.68 Å². The van der Waals surface area contributed by atoms with Gasteiger partial charge in [0, 0.05) is 24.4 Å². The lowest BCUT2D eigenvalue weighted by Crippen LogP contribution is -2.38. The van der Waals surface area contributed by atoms with E-state index in [1.165, 1.54) is 0 Å². The number of hydrogen-bond donors (Lipinski definition) is 1. The zero-order chi connectivity index (χ0) is 24.7. The Labute approximate surface area is 206 Å². The number of carbonyl (C=O) groups excluding carboxylic acids is 2. The van der Waals surface area contributed by atoms with Crippen LogP contribution in [0.4, 0.5) is 5.82 Å². The highest BCUT2D eigenvalue weighted by molar-refractivity contribution is 6.32. The molecule has 0 bridgehead atoms. The van der Waals surface area contributed by atoms with E-state index in [4.69, 9.17) is 16.7 Å². The minimum atomic E-state index is -0.268. The second-order valence-electron chi connectivity index (χ2n) is 9.38. The maximum Gasteiger partial charge on any atom is 0.245 e. The van der Waals surface area contributed by atoms with Crippen molar-refractivity contribution in [2.24, 2.45) is 0 Å². The molecule has 0 saturated carbocycles. The molecule has 0 spiro atoms. The zero-order valence-electron chi connectivity index (χ0n) is 20.3. The Morgan fingerprint density at radius 2 is 1.74 bits per heavy atom. The fourth-order valence-electron chi connectivity index (χ4n) is 3.62. The average Bonchev–Trinajstić information content (AvgIpc) is 3.22. The Kier molecular flexibility index (Phi) is 8.51. The normalized spacial score (nSPS) is 11.3. The van der Waals surface area contributed by atoms with E-state index in [1.807, 2.05) is 61.5 Å². The number of benzene rings is 2. The number of nitrogens with zero attached hydrogens (tertiary/aromatic N) is 3. The third-order valence-corrected chi connectivity index (χ3v) is 5.80. The van der Waals surface area contributed by atoms with E-state index < -0.39 is 0 Å². The molecule has 7 heteroatoms. The van der Waals surface area contributed by atoms with Gasteiger partial charge in [0.25, 0.3) is 0 Å². The van der Waals surface area contributed by atoms with Crippen molar-refractivity contribution in [3.63, 3.8) is 0 Å². The maximum atomic E-state index is 13.0. The van der Waals surface area contributed by atoms with Crippen LogP contribution < -0.4 is 5.32 Å². The molecule has 0 atom stereocenters. The number of hydrogen-bond acceptors (Lipinski definition) is 3. The molecule has 1 aromatic heterocycles. The first-order valence-corrected chi connectivity index (χ1v) is 12.0. The minimum Gasteiger partial charge on any atom is -0.333 e. The van der Waals surface area contributed by atoms with Crippen LogP contribution in [0, 0.1) is 0 Å². The van der Waals surface area contributed by atoms with Crippen LogP contribution in [0.15, 0.2) is 60.7 Å². The summed E-state index contributed by atoms with van der Waals surface area (Å²) < 4.78 is 1.65. The highest BCUT2D eigenvalue weighted by Crippen LogP contribution is 2.29. The lowest BCUT2D eigenvalue weighted by molar-refractivity contribution is -0.134. The molecule has 2 amide bonds. The quantitative estimate of drug-likeness (QED) is 0.431. The van der Waals surface area contributed by atoms with Crippen LogP contribution >= 0.6 is 11.6 Å². The molecule has 1 heterocycles. The van der Waals surface area contributed by atoms with Crippen LogP contribution in [0.25, 0.3) is 5.69 Å². The standard InChI is InChI=1S/C27H33ClN4O2/c1-5-17-31(26(34)16-15-20-11-7-6-8-12-20)19-25(33)29-24-18-23(27(2,3)4)30-32(24)22-14-10-9-13-21(22)28/h6-14,18H,5,15-17,19H2,1-4H3,(H,29,33). The van der Waals surface area contributed by atoms with Crippen molar-refractivity contribution in [2.75, 3.05) is 18.4 Å². The van der Waals surface area contributed by atoms with E-state index in [9.17, 15) is 9.59 Å². The van der Waals surface area contributed by atoms with Crippen molar-refractivity contribution in [3.8, 4) is 5.69 Å². The van der Waals surface area contributed by atoms with Crippen LogP contribution in [0.5, 0.6) is 0 Å². The predicted octanol–water partition coefficient (Wildman–Crippen LogP) is 5.63. The Balaban J connectivity index is 1.76. The summed E-state index contributed by atoms with van der Waals surface area (Å²) in [6.45, 7) is 8.69. The second kappa shape index (κ2) is 11.3. The average molecular weight is 481 g/mol. The lowest BCUT2D eigenvalue weighted by atomic mass is 9.92. The number of carbonyl (C=O) groups is 2. The lowest BCUT2D eigenvalue weighted by Gasteiger charge is -2.22. The summed E-state index contributed by atoms with van der Waals surface area (Å²) in [5.74, 6) is 0.224. The summed E-state index contributed by atoms with van der Waals surface area (Å²) in [5.41, 5.74) is 2.40. The molecular formula is C27H33ClN4O2. The van der Waals surface area contributed by atoms with E-state index in [1.54, 1.807) is 15.6 Å². The van der Waals surface area contributed by atoms with Gasteiger partial charge in [0.05, 0.1) is 22.9 Å². The first-order chi connectivity index (χ1) is 16.2. The molecule has 0 aliphatic heterocycles. The monoisotopic (exact) mass is 480 g/mol. The van der Waals surface area contributed by atoms with Crippen LogP contribution in [-0.2, 0) is 21.4 Å². The second-order valence-corrected chi connectivity index (χ2v) is 9.78. The van der Waals surface area contributed by atoms with Gasteiger partial charge in [-0.1, -0.05) is 81.8 Å². The third-order valence-electron chi connectivity index (χ3n) is 5.48. The summed E-state index contributed by atoms with van der Waals surface area (Å²) in [6, 6.07) is 19.1. The van der Waals surface area contributed by atoms with Gasteiger partial charge in [0.2, 0.25) is 11.8 Å². The highest BCUT2D eigenvalue weighted by atomic mass is 35.5. The van der Waals surface area contributed by atoms with E-state index in [0.29, 0.717) is 35.9 Å². The molecule has 3 rings (SSSR count). The molecule has 0 aliphatic carbocycles. The first kappa shape index (κ1) is 25.5. The van der Waals surface area contributed by atoms with E-state index in [2.05, 4.69) is 26.1 Å². The van der Waals surface area contributed by atoms with Gasteiger partial charge < -0.3 is 10.2 Å². The summed E-state index contributed by atoms with van der Waals surface area (Å²) in [5, 5.41) is 8.20. The Hall–Kier alpha value is -3.12. The van der Waals surface area contributed by atoms with Gasteiger partial charge in [-0.05, 0) is 30.5 Å². The molecular weight excluding hydrogens is 448 g/mol. The van der Waals surface area contributed by atoms with E-state index in [-0.39, 0.29) is 23.8 Å². The minimum absolute atomic E-state index is 0.0139. The van der Waals surface area contributed by atoms with Gasteiger partial charge >= 0.3 is 0 Å². The van der Waals surface area contributed by atoms with Crippen molar-refractivity contribution in [1.82, 2.24) is 14.7 Å². The smallest absolute Gasteiger partial charge is 0.245 e. The summed E-state index contributed by atoms with van der Waals surface area (Å²) in [7, 11) is 0. The van der Waals surface area contributed by atoms with Gasteiger partial charge in [-0.3, -0.25) is 9.59 Å². The SMILES string of the molecule is CCCN(CC(=O)Nc1cc(C(C)(C)C)nn1-c1ccccc1Cl)C(=O)CCc1ccccc1. The number of rotatable bonds is 9. The Morgan fingerprint density at radius 1 is 1.06 bits per heavy atom. The predicted molar refractivity (Wildman–Crippen MR) is 138 cm³/mol. The third kappa shape index (κ3) is 6.70. The topological polar surface area (TPSA) is 67.2 Å². The molecule has 0 unspecified atom stereocenters. The van der Waals surface area contributed by atoms with Crippen molar-refractivity contribution < 1.29 is 9.59 Å². The van der Waals surface area contributed by atoms with Gasteiger partial charge in [0.1, 0.15) is 5.82 Å². The molecule has 3 aromatic rings. The number of halogens is 1. The van der Waals surface area contributed by atoms with Crippen molar-refractivity contribution in [3.05, 3.63) is 76.9 Å².